The van der Waals surface area contributed by atoms with E-state index in [1.807, 2.05) is 41.5 Å². The monoisotopic (exact) mass is 564 g/mol. The summed E-state index contributed by atoms with van der Waals surface area (Å²) < 4.78 is 22.0. The quantitative estimate of drug-likeness (QED) is 0.316. The molecular weight excluding hydrogens is 516 g/mol. The predicted octanol–water partition coefficient (Wildman–Crippen LogP) is 4.95. The Kier molecular flexibility index (Phi) is 12.5. The van der Waals surface area contributed by atoms with Crippen molar-refractivity contribution in [3.8, 4) is 11.5 Å². The first-order valence-corrected chi connectivity index (χ1v) is 14.1. The van der Waals surface area contributed by atoms with Gasteiger partial charge in [0, 0.05) is 51.4 Å². The Hall–Kier alpha value is -3.01. The smallest absolute Gasteiger partial charge is 0.410 e. The summed E-state index contributed by atoms with van der Waals surface area (Å²) in [5.74, 6) is -0.699. The highest BCUT2D eigenvalue weighted by molar-refractivity contribution is 5.95. The molecule has 2 rings (SSSR count). The van der Waals surface area contributed by atoms with E-state index in [4.69, 9.17) is 18.9 Å². The Balaban J connectivity index is 2.30. The molecule has 1 aliphatic rings. The molecule has 0 saturated carbocycles. The van der Waals surface area contributed by atoms with Gasteiger partial charge in [-0.1, -0.05) is 6.92 Å². The maximum atomic E-state index is 13.8. The number of likely N-dealkylation sites (tertiary alicyclic amines) is 1. The van der Waals surface area contributed by atoms with Crippen LogP contribution in [0.15, 0.2) is 18.2 Å². The maximum Gasteiger partial charge on any atom is 0.410 e. The Morgan fingerprint density at radius 3 is 2.30 bits per heavy atom. The number of carbonyl (C=O) groups excluding carboxylic acids is 2. The topological polar surface area (TPSA) is 115 Å². The zero-order valence-corrected chi connectivity index (χ0v) is 25.4. The molecule has 1 heterocycles. The Bertz CT molecular complexity index is 990. The molecule has 0 unspecified atom stereocenters. The van der Waals surface area contributed by atoms with Crippen LogP contribution in [0.1, 0.15) is 71.2 Å². The lowest BCUT2D eigenvalue weighted by Crippen LogP contribution is -2.42. The number of methoxy groups -OCH3 is 2. The van der Waals surface area contributed by atoms with Gasteiger partial charge in [0.15, 0.2) is 11.5 Å². The van der Waals surface area contributed by atoms with Gasteiger partial charge in [-0.3, -0.25) is 9.59 Å². The minimum Gasteiger partial charge on any atom is -0.493 e. The van der Waals surface area contributed by atoms with Gasteiger partial charge in [-0.25, -0.2) is 4.79 Å². The van der Waals surface area contributed by atoms with Gasteiger partial charge in [0.05, 0.1) is 19.6 Å². The van der Waals surface area contributed by atoms with Crippen LogP contribution in [0.5, 0.6) is 11.5 Å². The summed E-state index contributed by atoms with van der Waals surface area (Å²) in [5.41, 5.74) is -0.179. The highest BCUT2D eigenvalue weighted by Crippen LogP contribution is 2.34. The zero-order chi connectivity index (χ0) is 30.0. The number of amides is 2. The van der Waals surface area contributed by atoms with Crippen molar-refractivity contribution in [2.24, 2.45) is 17.8 Å². The van der Waals surface area contributed by atoms with E-state index in [-0.39, 0.29) is 23.8 Å². The van der Waals surface area contributed by atoms with E-state index in [1.54, 1.807) is 42.2 Å². The molecule has 1 aromatic carbocycles. The van der Waals surface area contributed by atoms with Crippen LogP contribution in [0.2, 0.25) is 0 Å². The molecule has 2 amide bonds. The molecule has 0 spiro atoms. The molecule has 226 valence electrons. The number of benzene rings is 1. The zero-order valence-electron chi connectivity index (χ0n) is 25.4. The third-order valence-electron chi connectivity index (χ3n) is 7.13. The van der Waals surface area contributed by atoms with Crippen molar-refractivity contribution in [3.05, 3.63) is 23.8 Å². The number of rotatable bonds is 14. The lowest BCUT2D eigenvalue weighted by Gasteiger charge is -2.32. The van der Waals surface area contributed by atoms with Crippen LogP contribution in [0, 0.1) is 17.8 Å². The van der Waals surface area contributed by atoms with Crippen LogP contribution in [-0.4, -0.2) is 91.6 Å². The van der Waals surface area contributed by atoms with Crippen molar-refractivity contribution in [3.63, 3.8) is 0 Å². The number of nitrogens with zero attached hydrogens (tertiary/aromatic N) is 2. The van der Waals surface area contributed by atoms with Gasteiger partial charge in [0.25, 0.3) is 5.91 Å². The van der Waals surface area contributed by atoms with Crippen LogP contribution in [0.25, 0.3) is 0 Å². The lowest BCUT2D eigenvalue weighted by molar-refractivity contribution is -0.142. The molecular formula is C30H48N2O8. The summed E-state index contributed by atoms with van der Waals surface area (Å²) in [7, 11) is 3.18. The van der Waals surface area contributed by atoms with E-state index in [2.05, 4.69) is 0 Å². The van der Waals surface area contributed by atoms with Crippen LogP contribution in [0.3, 0.4) is 0 Å². The SMILES string of the molecule is CC[C@@H](C[C@@H]1CN(C(=O)OC(C)(C)C)C[C@H]1CN(C(=O)c1ccc(OC)c(OCCCOC)c1)C(C)C)C(=O)O. The van der Waals surface area contributed by atoms with Gasteiger partial charge in [-0.05, 0) is 77.5 Å². The summed E-state index contributed by atoms with van der Waals surface area (Å²) in [5, 5.41) is 9.72. The van der Waals surface area contributed by atoms with Crippen molar-refractivity contribution >= 4 is 18.0 Å². The predicted molar refractivity (Wildman–Crippen MR) is 152 cm³/mol. The van der Waals surface area contributed by atoms with Crippen LogP contribution in [-0.2, 0) is 14.3 Å². The van der Waals surface area contributed by atoms with Crippen LogP contribution >= 0.6 is 0 Å². The minimum atomic E-state index is -0.843. The maximum absolute atomic E-state index is 13.8. The number of hydrogen-bond acceptors (Lipinski definition) is 7. The first-order valence-electron chi connectivity index (χ1n) is 14.1. The molecule has 1 aromatic rings. The van der Waals surface area contributed by atoms with Gasteiger partial charge in [-0.15, -0.1) is 0 Å². The van der Waals surface area contributed by atoms with Crippen molar-refractivity contribution < 1.29 is 38.4 Å². The van der Waals surface area contributed by atoms with Crippen molar-refractivity contribution in [2.45, 2.75) is 72.4 Å². The minimum absolute atomic E-state index is 0.0850. The fourth-order valence-corrected chi connectivity index (χ4v) is 4.95. The number of hydrogen-bond donors (Lipinski definition) is 1. The number of ether oxygens (including phenoxy) is 4. The van der Waals surface area contributed by atoms with Gasteiger partial charge in [-0.2, -0.15) is 0 Å². The average Bonchev–Trinajstić information content (AvgIpc) is 3.29. The van der Waals surface area contributed by atoms with Gasteiger partial charge >= 0.3 is 12.1 Å². The number of aliphatic carboxylic acids is 1. The Morgan fingerprint density at radius 2 is 1.75 bits per heavy atom. The Labute approximate surface area is 238 Å². The van der Waals surface area contributed by atoms with E-state index in [0.29, 0.717) is 69.2 Å². The van der Waals surface area contributed by atoms with Crippen LogP contribution < -0.4 is 9.47 Å². The molecule has 3 atom stereocenters. The standard InChI is InChI=1S/C30H48N2O8/c1-9-21(28(34)35)15-23-17-31(29(36)40-30(4,5)6)18-24(23)19-32(20(2)3)27(33)22-11-12-25(38-8)26(16-22)39-14-10-13-37-7/h11-12,16,20-21,23-24H,9-10,13-15,17-19H2,1-8H3,(H,34,35)/t21-,23+,24-/m0/s1. The van der Waals surface area contributed by atoms with Crippen molar-refractivity contribution in [1.29, 1.82) is 0 Å². The second-order valence-corrected chi connectivity index (χ2v) is 11.7. The van der Waals surface area contributed by atoms with E-state index in [0.717, 1.165) is 0 Å². The molecule has 1 saturated heterocycles. The van der Waals surface area contributed by atoms with Crippen molar-refractivity contribution in [1.82, 2.24) is 9.80 Å². The Morgan fingerprint density at radius 1 is 1.07 bits per heavy atom. The normalized spacial score (nSPS) is 18.0. The average molecular weight is 565 g/mol. The molecule has 0 aromatic heterocycles. The molecule has 0 bridgehead atoms. The largest absolute Gasteiger partial charge is 0.493 e. The molecule has 10 heteroatoms. The highest BCUT2D eigenvalue weighted by atomic mass is 16.6. The summed E-state index contributed by atoms with van der Waals surface area (Å²) in [6, 6.07) is 5.01. The number of carboxylic acids is 1. The number of carboxylic acid groups (broad SMARTS) is 1. The molecule has 0 aliphatic carbocycles. The fraction of sp³-hybridized carbons (Fsp3) is 0.700. The molecule has 10 nitrogen and oxygen atoms in total. The van der Waals surface area contributed by atoms with Gasteiger partial charge in [0.1, 0.15) is 5.60 Å². The van der Waals surface area contributed by atoms with E-state index in [9.17, 15) is 19.5 Å². The fourth-order valence-electron chi connectivity index (χ4n) is 4.95. The van der Waals surface area contributed by atoms with Gasteiger partial charge < -0.3 is 33.9 Å². The van der Waals surface area contributed by atoms with Gasteiger partial charge in [0.2, 0.25) is 0 Å². The molecule has 40 heavy (non-hydrogen) atoms. The molecule has 0 radical (unpaired) electrons. The lowest BCUT2D eigenvalue weighted by atomic mass is 9.85. The third kappa shape index (κ3) is 9.57. The first kappa shape index (κ1) is 33.2. The molecule has 1 aliphatic heterocycles. The second kappa shape index (κ2) is 15.1. The summed E-state index contributed by atoms with van der Waals surface area (Å²) in [6.45, 7) is 13.4. The summed E-state index contributed by atoms with van der Waals surface area (Å²) >= 11 is 0. The van der Waals surface area contributed by atoms with Crippen molar-refractivity contribution in [2.75, 3.05) is 47.1 Å². The van der Waals surface area contributed by atoms with E-state index in [1.165, 1.54) is 0 Å². The van der Waals surface area contributed by atoms with E-state index < -0.39 is 23.6 Å². The molecule has 1 N–H and O–H groups in total. The second-order valence-electron chi connectivity index (χ2n) is 11.7. The molecule has 1 fully saturated rings. The first-order chi connectivity index (χ1) is 18.8. The summed E-state index contributed by atoms with van der Waals surface area (Å²) in [6.07, 6.45) is 1.20. The summed E-state index contributed by atoms with van der Waals surface area (Å²) in [4.78, 5) is 42.0. The third-order valence-corrected chi connectivity index (χ3v) is 7.13. The van der Waals surface area contributed by atoms with Crippen LogP contribution in [0.4, 0.5) is 4.79 Å². The number of carbonyl (C=O) groups is 3. The van der Waals surface area contributed by atoms with E-state index >= 15 is 0 Å². The highest BCUT2D eigenvalue weighted by Gasteiger charge is 2.40.